The Balaban J connectivity index is 1.67. The van der Waals surface area contributed by atoms with E-state index in [0.717, 1.165) is 0 Å². The number of epoxide rings is 1. The summed E-state index contributed by atoms with van der Waals surface area (Å²) < 4.78 is 5.17. The first-order valence-corrected chi connectivity index (χ1v) is 6.38. The first kappa shape index (κ1) is 12.3. The van der Waals surface area contributed by atoms with E-state index in [9.17, 15) is 14.7 Å². The summed E-state index contributed by atoms with van der Waals surface area (Å²) in [6.07, 6.45) is -0.368. The van der Waals surface area contributed by atoms with Gasteiger partial charge in [0.1, 0.15) is 6.10 Å². The highest BCUT2D eigenvalue weighted by molar-refractivity contribution is 6.21. The van der Waals surface area contributed by atoms with Crippen LogP contribution in [0.25, 0.3) is 0 Å². The molecule has 0 bridgehead atoms. The molecule has 3 atom stereocenters. The van der Waals surface area contributed by atoms with Crippen LogP contribution >= 0.6 is 0 Å². The van der Waals surface area contributed by atoms with Crippen molar-refractivity contribution in [2.75, 3.05) is 6.54 Å². The van der Waals surface area contributed by atoms with Gasteiger partial charge in [-0.05, 0) is 25.5 Å². The van der Waals surface area contributed by atoms with Crippen LogP contribution in [0.1, 0.15) is 34.1 Å². The molecular formula is C14H15NO4. The van der Waals surface area contributed by atoms with Crippen LogP contribution in [0, 0.1) is 0 Å². The monoisotopic (exact) mass is 261 g/mol. The van der Waals surface area contributed by atoms with Gasteiger partial charge in [-0.1, -0.05) is 12.1 Å². The van der Waals surface area contributed by atoms with Crippen LogP contribution in [-0.2, 0) is 4.74 Å². The maximum atomic E-state index is 12.1. The van der Waals surface area contributed by atoms with Crippen LogP contribution in [0.4, 0.5) is 0 Å². The number of hydrogen-bond acceptors (Lipinski definition) is 4. The number of imide groups is 1. The van der Waals surface area contributed by atoms with Crippen molar-refractivity contribution in [1.29, 1.82) is 0 Å². The molecule has 1 aromatic carbocycles. The third kappa shape index (κ3) is 2.05. The Morgan fingerprint density at radius 3 is 2.26 bits per heavy atom. The van der Waals surface area contributed by atoms with Gasteiger partial charge in [0.25, 0.3) is 11.8 Å². The minimum atomic E-state index is -0.626. The number of rotatable bonds is 4. The second kappa shape index (κ2) is 4.43. The first-order valence-electron chi connectivity index (χ1n) is 6.38. The lowest BCUT2D eigenvalue weighted by Crippen LogP contribution is -2.33. The number of aliphatic hydroxyl groups is 1. The number of benzene rings is 1. The number of hydrogen-bond donors (Lipinski definition) is 1. The SMILES string of the molecule is CC1OC1C(O)CCN1C(=O)c2ccccc2C1=O. The van der Waals surface area contributed by atoms with Crippen molar-refractivity contribution in [1.82, 2.24) is 4.90 Å². The normalized spacial score (nSPS) is 26.5. The van der Waals surface area contributed by atoms with E-state index in [1.165, 1.54) is 4.90 Å². The number of fused-ring (bicyclic) bond motifs is 1. The molecule has 3 rings (SSSR count). The summed E-state index contributed by atoms with van der Waals surface area (Å²) in [7, 11) is 0. The van der Waals surface area contributed by atoms with Crippen LogP contribution < -0.4 is 0 Å². The molecule has 0 aromatic heterocycles. The van der Waals surface area contributed by atoms with Gasteiger partial charge in [-0.15, -0.1) is 0 Å². The lowest BCUT2D eigenvalue weighted by atomic mass is 10.1. The third-order valence-electron chi connectivity index (χ3n) is 3.66. The zero-order valence-corrected chi connectivity index (χ0v) is 10.6. The first-order chi connectivity index (χ1) is 9.09. The van der Waals surface area contributed by atoms with Crippen LogP contribution in [0.15, 0.2) is 24.3 Å². The largest absolute Gasteiger partial charge is 0.390 e. The fraction of sp³-hybridized carbons (Fsp3) is 0.429. The summed E-state index contributed by atoms with van der Waals surface area (Å²) in [4.78, 5) is 25.3. The molecule has 1 N–H and O–H groups in total. The number of carbonyl (C=O) groups excluding carboxylic acids is 2. The minimum Gasteiger partial charge on any atom is -0.390 e. The number of amides is 2. The molecule has 1 saturated heterocycles. The molecule has 0 spiro atoms. The molecule has 2 aliphatic rings. The maximum Gasteiger partial charge on any atom is 0.261 e. The molecule has 3 unspecified atom stereocenters. The third-order valence-corrected chi connectivity index (χ3v) is 3.66. The fourth-order valence-corrected chi connectivity index (χ4v) is 2.47. The van der Waals surface area contributed by atoms with Crippen LogP contribution in [-0.4, -0.2) is 46.7 Å². The summed E-state index contributed by atoms with van der Waals surface area (Å²) in [5, 5.41) is 9.83. The van der Waals surface area contributed by atoms with Crippen molar-refractivity contribution in [2.45, 2.75) is 31.7 Å². The summed E-state index contributed by atoms with van der Waals surface area (Å²) in [6.45, 7) is 2.11. The zero-order chi connectivity index (χ0) is 13.6. The van der Waals surface area contributed by atoms with Crippen molar-refractivity contribution in [3.63, 3.8) is 0 Å². The van der Waals surface area contributed by atoms with Gasteiger partial charge in [0.15, 0.2) is 0 Å². The molecule has 5 heteroatoms. The van der Waals surface area contributed by atoms with E-state index in [0.29, 0.717) is 17.5 Å². The van der Waals surface area contributed by atoms with E-state index in [1.54, 1.807) is 24.3 Å². The summed E-state index contributed by atoms with van der Waals surface area (Å²) >= 11 is 0. The average molecular weight is 261 g/mol. The Labute approximate surface area is 110 Å². The zero-order valence-electron chi connectivity index (χ0n) is 10.6. The van der Waals surface area contributed by atoms with Crippen molar-refractivity contribution in [3.8, 4) is 0 Å². The van der Waals surface area contributed by atoms with Gasteiger partial charge in [-0.3, -0.25) is 14.5 Å². The quantitative estimate of drug-likeness (QED) is 0.643. The Morgan fingerprint density at radius 2 is 1.79 bits per heavy atom. The highest BCUT2D eigenvalue weighted by atomic mass is 16.6. The van der Waals surface area contributed by atoms with Gasteiger partial charge in [0.05, 0.1) is 23.3 Å². The molecule has 2 heterocycles. The Hall–Kier alpha value is -1.72. The molecule has 19 heavy (non-hydrogen) atoms. The van der Waals surface area contributed by atoms with E-state index in [2.05, 4.69) is 0 Å². The predicted octanol–water partition coefficient (Wildman–Crippen LogP) is 0.821. The van der Waals surface area contributed by atoms with E-state index in [1.807, 2.05) is 6.92 Å². The Morgan fingerprint density at radius 1 is 1.26 bits per heavy atom. The van der Waals surface area contributed by atoms with Crippen molar-refractivity contribution in [3.05, 3.63) is 35.4 Å². The van der Waals surface area contributed by atoms with Crippen molar-refractivity contribution < 1.29 is 19.4 Å². The van der Waals surface area contributed by atoms with E-state index >= 15 is 0 Å². The van der Waals surface area contributed by atoms with Gasteiger partial charge >= 0.3 is 0 Å². The summed E-state index contributed by atoms with van der Waals surface area (Å²) in [5.74, 6) is -0.560. The van der Waals surface area contributed by atoms with Gasteiger partial charge < -0.3 is 9.84 Å². The molecule has 1 aromatic rings. The fourth-order valence-electron chi connectivity index (χ4n) is 2.47. The molecule has 1 fully saturated rings. The van der Waals surface area contributed by atoms with Gasteiger partial charge in [-0.25, -0.2) is 0 Å². The van der Waals surface area contributed by atoms with Gasteiger partial charge in [0, 0.05) is 6.54 Å². The number of aliphatic hydroxyl groups excluding tert-OH is 1. The molecule has 2 amide bonds. The predicted molar refractivity (Wildman–Crippen MR) is 66.8 cm³/mol. The van der Waals surface area contributed by atoms with E-state index < -0.39 is 6.10 Å². The van der Waals surface area contributed by atoms with Crippen molar-refractivity contribution in [2.24, 2.45) is 0 Å². The molecule has 2 aliphatic heterocycles. The topological polar surface area (TPSA) is 70.1 Å². The molecule has 100 valence electrons. The lowest BCUT2D eigenvalue weighted by Gasteiger charge is -2.15. The summed E-state index contributed by atoms with van der Waals surface area (Å²) in [6, 6.07) is 6.78. The molecule has 5 nitrogen and oxygen atoms in total. The summed E-state index contributed by atoms with van der Waals surface area (Å²) in [5.41, 5.74) is 0.885. The smallest absolute Gasteiger partial charge is 0.261 e. The molecule has 0 aliphatic carbocycles. The highest BCUT2D eigenvalue weighted by Gasteiger charge is 2.41. The molecular weight excluding hydrogens is 246 g/mol. The number of carbonyl (C=O) groups is 2. The minimum absolute atomic E-state index is 0.0668. The number of nitrogens with zero attached hydrogens (tertiary/aromatic N) is 1. The second-order valence-corrected chi connectivity index (χ2v) is 4.97. The van der Waals surface area contributed by atoms with Gasteiger partial charge in [0.2, 0.25) is 0 Å². The lowest BCUT2D eigenvalue weighted by molar-refractivity contribution is 0.0605. The van der Waals surface area contributed by atoms with E-state index in [-0.39, 0.29) is 30.6 Å². The van der Waals surface area contributed by atoms with Crippen LogP contribution in [0.2, 0.25) is 0 Å². The van der Waals surface area contributed by atoms with Crippen LogP contribution in [0.3, 0.4) is 0 Å². The van der Waals surface area contributed by atoms with Gasteiger partial charge in [-0.2, -0.15) is 0 Å². The second-order valence-electron chi connectivity index (χ2n) is 4.97. The maximum absolute atomic E-state index is 12.1. The number of ether oxygens (including phenoxy) is 1. The highest BCUT2D eigenvalue weighted by Crippen LogP contribution is 2.27. The molecule has 0 saturated carbocycles. The standard InChI is InChI=1S/C14H15NO4/c1-8-12(19-8)11(16)6-7-15-13(17)9-4-2-3-5-10(9)14(15)18/h2-5,8,11-12,16H,6-7H2,1H3. The van der Waals surface area contributed by atoms with E-state index in [4.69, 9.17) is 4.74 Å². The Kier molecular flexibility index (Phi) is 2.88. The van der Waals surface area contributed by atoms with Crippen LogP contribution in [0.5, 0.6) is 0 Å². The van der Waals surface area contributed by atoms with Crippen molar-refractivity contribution >= 4 is 11.8 Å². The average Bonchev–Trinajstić information content (AvgIpc) is 3.09. The molecule has 0 radical (unpaired) electrons. The Bertz CT molecular complexity index is 507.